The monoisotopic (exact) mass is 280 g/mol. The maximum atomic E-state index is 8.78. The summed E-state index contributed by atoms with van der Waals surface area (Å²) < 4.78 is 6.55. The second-order valence-electron chi connectivity index (χ2n) is 4.07. The Morgan fingerprint density at radius 3 is 2.81 bits per heavy atom. The molecule has 1 aliphatic carbocycles. The molecule has 84 valence electrons. The molecule has 16 heavy (non-hydrogen) atoms. The fraction of sp³-hybridized carbons (Fsp3) is 0.417. The molecule has 0 saturated heterocycles. The summed E-state index contributed by atoms with van der Waals surface area (Å²) in [7, 11) is 0. The Hall–Kier alpha value is -1.05. The highest BCUT2D eigenvalue weighted by Crippen LogP contribution is 2.31. The van der Waals surface area contributed by atoms with Crippen molar-refractivity contribution in [2.45, 2.75) is 18.9 Å². The number of hydrogen-bond acceptors (Lipinski definition) is 3. The molecule has 2 N–H and O–H groups in total. The van der Waals surface area contributed by atoms with Crippen LogP contribution in [0, 0.1) is 17.2 Å². The molecule has 0 bridgehead atoms. The number of rotatable bonds is 3. The van der Waals surface area contributed by atoms with Crippen LogP contribution in [0.2, 0.25) is 0 Å². The summed E-state index contributed by atoms with van der Waals surface area (Å²) in [5, 5.41) is 8.78. The lowest BCUT2D eigenvalue weighted by Crippen LogP contribution is -2.37. The third-order valence-corrected chi connectivity index (χ3v) is 3.55. The van der Waals surface area contributed by atoms with E-state index in [0.29, 0.717) is 11.5 Å². The van der Waals surface area contributed by atoms with E-state index in [9.17, 15) is 0 Å². The molecule has 0 aliphatic heterocycles. The van der Waals surface area contributed by atoms with E-state index in [0.717, 1.165) is 29.6 Å². The molecule has 3 nitrogen and oxygen atoms in total. The van der Waals surface area contributed by atoms with Crippen molar-refractivity contribution in [2.24, 2.45) is 11.7 Å². The van der Waals surface area contributed by atoms with Gasteiger partial charge in [-0.3, -0.25) is 0 Å². The van der Waals surface area contributed by atoms with E-state index in [-0.39, 0.29) is 6.10 Å². The first-order valence-electron chi connectivity index (χ1n) is 5.29. The molecule has 0 atom stereocenters. The molecule has 1 aromatic rings. The van der Waals surface area contributed by atoms with E-state index < -0.39 is 0 Å². The fourth-order valence-electron chi connectivity index (χ4n) is 1.82. The van der Waals surface area contributed by atoms with Crippen LogP contribution in [0.5, 0.6) is 5.75 Å². The van der Waals surface area contributed by atoms with Crippen molar-refractivity contribution in [2.75, 3.05) is 6.54 Å². The van der Waals surface area contributed by atoms with Crippen LogP contribution in [-0.2, 0) is 0 Å². The van der Waals surface area contributed by atoms with Gasteiger partial charge in [-0.15, -0.1) is 0 Å². The van der Waals surface area contributed by atoms with Gasteiger partial charge in [-0.2, -0.15) is 5.26 Å². The van der Waals surface area contributed by atoms with Crippen LogP contribution >= 0.6 is 15.9 Å². The van der Waals surface area contributed by atoms with E-state index in [1.165, 1.54) is 0 Å². The zero-order chi connectivity index (χ0) is 11.5. The lowest BCUT2D eigenvalue weighted by molar-refractivity contribution is 0.0690. The molecule has 1 saturated carbocycles. The zero-order valence-corrected chi connectivity index (χ0v) is 10.4. The van der Waals surface area contributed by atoms with E-state index in [1.807, 2.05) is 12.1 Å². The molecule has 0 unspecified atom stereocenters. The van der Waals surface area contributed by atoms with Gasteiger partial charge in [0.15, 0.2) is 0 Å². The maximum absolute atomic E-state index is 8.78. The Kier molecular flexibility index (Phi) is 3.47. The van der Waals surface area contributed by atoms with Gasteiger partial charge in [0, 0.05) is 4.47 Å². The van der Waals surface area contributed by atoms with Gasteiger partial charge in [0.25, 0.3) is 0 Å². The summed E-state index contributed by atoms with van der Waals surface area (Å²) in [6.07, 6.45) is 2.36. The van der Waals surface area contributed by atoms with Gasteiger partial charge in [-0.05, 0) is 59.4 Å². The van der Waals surface area contributed by atoms with E-state index in [1.54, 1.807) is 6.07 Å². The highest BCUT2D eigenvalue weighted by Gasteiger charge is 2.29. The molecular weight excluding hydrogens is 268 g/mol. The van der Waals surface area contributed by atoms with Crippen LogP contribution in [0.25, 0.3) is 0 Å². The molecular formula is C12H13BrN2O. The minimum absolute atomic E-state index is 0.286. The lowest BCUT2D eigenvalue weighted by Gasteiger charge is -2.34. The molecule has 4 heteroatoms. The van der Waals surface area contributed by atoms with Crippen LogP contribution in [0.1, 0.15) is 18.4 Å². The van der Waals surface area contributed by atoms with Gasteiger partial charge in [0.05, 0.1) is 11.7 Å². The average molecular weight is 281 g/mol. The maximum Gasteiger partial charge on any atom is 0.120 e. The Morgan fingerprint density at radius 1 is 1.50 bits per heavy atom. The normalized spacial score (nSPS) is 23.3. The smallest absolute Gasteiger partial charge is 0.120 e. The summed E-state index contributed by atoms with van der Waals surface area (Å²) >= 11 is 3.34. The van der Waals surface area contributed by atoms with Gasteiger partial charge >= 0.3 is 0 Å². The SMILES string of the molecule is N#Cc1ccc(OC2CC(CN)C2)cc1Br. The van der Waals surface area contributed by atoms with Gasteiger partial charge in [-0.1, -0.05) is 0 Å². The van der Waals surface area contributed by atoms with Crippen LogP contribution in [-0.4, -0.2) is 12.6 Å². The highest BCUT2D eigenvalue weighted by molar-refractivity contribution is 9.10. The van der Waals surface area contributed by atoms with Crippen LogP contribution < -0.4 is 10.5 Å². The molecule has 1 aliphatic rings. The summed E-state index contributed by atoms with van der Waals surface area (Å²) in [5.41, 5.74) is 6.18. The standard InChI is InChI=1S/C12H13BrN2O/c13-12-5-10(2-1-9(12)7-15)16-11-3-8(4-11)6-14/h1-2,5,8,11H,3-4,6,14H2. The lowest BCUT2D eigenvalue weighted by atomic mass is 9.82. The molecule has 2 rings (SSSR count). The second-order valence-corrected chi connectivity index (χ2v) is 4.92. The van der Waals surface area contributed by atoms with Crippen molar-refractivity contribution in [3.63, 3.8) is 0 Å². The van der Waals surface area contributed by atoms with Gasteiger partial charge < -0.3 is 10.5 Å². The minimum Gasteiger partial charge on any atom is -0.490 e. The van der Waals surface area contributed by atoms with Crippen LogP contribution in [0.15, 0.2) is 22.7 Å². The van der Waals surface area contributed by atoms with Crippen molar-refractivity contribution in [3.05, 3.63) is 28.2 Å². The van der Waals surface area contributed by atoms with Crippen molar-refractivity contribution >= 4 is 15.9 Å². The zero-order valence-electron chi connectivity index (χ0n) is 8.82. The summed E-state index contributed by atoms with van der Waals surface area (Å²) in [6.45, 7) is 0.747. The number of nitrogens with two attached hydrogens (primary N) is 1. The van der Waals surface area contributed by atoms with Gasteiger partial charge in [0.2, 0.25) is 0 Å². The van der Waals surface area contributed by atoms with Crippen molar-refractivity contribution in [3.8, 4) is 11.8 Å². The molecule has 0 spiro atoms. The topological polar surface area (TPSA) is 59.0 Å². The number of hydrogen-bond donors (Lipinski definition) is 1. The average Bonchev–Trinajstić information content (AvgIpc) is 2.23. The van der Waals surface area contributed by atoms with E-state index >= 15 is 0 Å². The van der Waals surface area contributed by atoms with Crippen molar-refractivity contribution < 1.29 is 4.74 Å². The Morgan fingerprint density at radius 2 is 2.25 bits per heavy atom. The number of benzene rings is 1. The quantitative estimate of drug-likeness (QED) is 0.925. The van der Waals surface area contributed by atoms with Gasteiger partial charge in [-0.25, -0.2) is 0 Å². The first-order valence-corrected chi connectivity index (χ1v) is 6.08. The minimum atomic E-state index is 0.286. The van der Waals surface area contributed by atoms with Crippen molar-refractivity contribution in [1.29, 1.82) is 5.26 Å². The molecule has 1 fully saturated rings. The summed E-state index contributed by atoms with van der Waals surface area (Å²) in [4.78, 5) is 0. The first-order chi connectivity index (χ1) is 7.72. The van der Waals surface area contributed by atoms with E-state index in [2.05, 4.69) is 22.0 Å². The summed E-state index contributed by atoms with van der Waals surface area (Å²) in [5.74, 6) is 1.43. The molecule has 1 aromatic carbocycles. The predicted molar refractivity (Wildman–Crippen MR) is 65.1 cm³/mol. The largest absolute Gasteiger partial charge is 0.490 e. The highest BCUT2D eigenvalue weighted by atomic mass is 79.9. The predicted octanol–water partition coefficient (Wildman–Crippen LogP) is 2.44. The van der Waals surface area contributed by atoms with Crippen LogP contribution in [0.3, 0.4) is 0 Å². The number of nitriles is 1. The number of nitrogens with zero attached hydrogens (tertiary/aromatic N) is 1. The fourth-order valence-corrected chi connectivity index (χ4v) is 2.26. The third-order valence-electron chi connectivity index (χ3n) is 2.89. The Bertz CT molecular complexity index is 422. The first kappa shape index (κ1) is 11.4. The summed E-state index contributed by atoms with van der Waals surface area (Å²) in [6, 6.07) is 7.54. The molecule has 0 heterocycles. The van der Waals surface area contributed by atoms with Crippen molar-refractivity contribution in [1.82, 2.24) is 0 Å². The van der Waals surface area contributed by atoms with E-state index in [4.69, 9.17) is 15.7 Å². The third kappa shape index (κ3) is 2.37. The number of ether oxygens (including phenoxy) is 1. The Balaban J connectivity index is 1.96. The van der Waals surface area contributed by atoms with Gasteiger partial charge in [0.1, 0.15) is 11.8 Å². The second kappa shape index (κ2) is 4.86. The molecule has 0 amide bonds. The molecule has 0 aromatic heterocycles. The Labute approximate surface area is 103 Å². The molecule has 0 radical (unpaired) electrons. The van der Waals surface area contributed by atoms with Crippen LogP contribution in [0.4, 0.5) is 0 Å². The number of halogens is 1.